The summed E-state index contributed by atoms with van der Waals surface area (Å²) in [7, 11) is 3.19. The minimum Gasteiger partial charge on any atom is -0.476 e. The molecule has 0 atom stereocenters. The van der Waals surface area contributed by atoms with Gasteiger partial charge in [-0.2, -0.15) is 13.2 Å². The Bertz CT molecular complexity index is 1740. The van der Waals surface area contributed by atoms with Crippen molar-refractivity contribution in [2.75, 3.05) is 33.8 Å². The highest BCUT2D eigenvalue weighted by Crippen LogP contribution is 2.44. The number of hydrogen-bond donors (Lipinski definition) is 0. The van der Waals surface area contributed by atoms with Crippen molar-refractivity contribution < 1.29 is 41.0 Å². The normalized spacial score (nSPS) is 13.5. The topological polar surface area (TPSA) is 84.9 Å². The number of aromatic nitrogens is 2. The number of pyridine rings is 2. The maximum Gasteiger partial charge on any atom is 0.410 e. The number of alkyl halides is 3. The Morgan fingerprint density at radius 2 is 1.67 bits per heavy atom. The van der Waals surface area contributed by atoms with E-state index in [1.165, 1.54) is 40.3 Å². The molecule has 0 saturated heterocycles. The smallest absolute Gasteiger partial charge is 0.410 e. The molecular weight excluding hydrogens is 647 g/mol. The fourth-order valence-electron chi connectivity index (χ4n) is 5.08. The molecule has 0 spiro atoms. The molecule has 13 heteroatoms. The maximum absolute atomic E-state index is 15.1. The number of fused-ring (bicyclic) bond motifs is 1. The maximum atomic E-state index is 15.1. The first-order chi connectivity index (χ1) is 23.0. The molecule has 0 N–H and O–H groups in total. The minimum atomic E-state index is -4.81. The third kappa shape index (κ3) is 10.2. The molecule has 0 radical (unpaired) electrons. The molecule has 2 heterocycles. The SMILES string of the molecule is CN(C)C(=O)/C=C/CN(CCOc1ccc(/C(C2=Cc3ccccc3C2)=C(/CC(F)(F)F)c2c(F)cncc2F)cn1)C(=O)OC(C)(C)C. The second-order valence-electron chi connectivity index (χ2n) is 12.5. The molecule has 0 fully saturated rings. The number of carbonyl (C=O) groups is 2. The summed E-state index contributed by atoms with van der Waals surface area (Å²) in [5.74, 6) is -2.62. The second-order valence-corrected chi connectivity index (χ2v) is 12.5. The van der Waals surface area contributed by atoms with Gasteiger partial charge >= 0.3 is 12.3 Å². The van der Waals surface area contributed by atoms with Gasteiger partial charge in [0.2, 0.25) is 11.8 Å². The highest BCUT2D eigenvalue weighted by molar-refractivity contribution is 6.02. The number of likely N-dealkylation sites (N-methyl/N-ethyl adjacent to an activating group) is 1. The zero-order valence-corrected chi connectivity index (χ0v) is 27.8. The fraction of sp³-hybridized carbons (Fsp3) is 0.333. The van der Waals surface area contributed by atoms with E-state index in [2.05, 4.69) is 9.97 Å². The lowest BCUT2D eigenvalue weighted by molar-refractivity contribution is -0.124. The molecule has 0 aliphatic heterocycles. The summed E-state index contributed by atoms with van der Waals surface area (Å²) in [5.41, 5.74) is 0.0575. The van der Waals surface area contributed by atoms with Gasteiger partial charge in [0.25, 0.3) is 0 Å². The van der Waals surface area contributed by atoms with Crippen LogP contribution in [0.15, 0.2) is 72.7 Å². The van der Waals surface area contributed by atoms with Gasteiger partial charge in [-0.3, -0.25) is 9.78 Å². The van der Waals surface area contributed by atoms with Crippen LogP contribution in [0.5, 0.6) is 5.88 Å². The van der Waals surface area contributed by atoms with E-state index < -0.39 is 47.1 Å². The first kappa shape index (κ1) is 36.8. The molecule has 2 aromatic heterocycles. The van der Waals surface area contributed by atoms with Crippen molar-refractivity contribution in [1.29, 1.82) is 0 Å². The van der Waals surface area contributed by atoms with Crippen molar-refractivity contribution in [3.63, 3.8) is 0 Å². The van der Waals surface area contributed by atoms with Gasteiger partial charge in [0, 0.05) is 44.5 Å². The molecule has 2 amide bonds. The lowest BCUT2D eigenvalue weighted by Gasteiger charge is -2.26. The van der Waals surface area contributed by atoms with E-state index in [1.54, 1.807) is 53.1 Å². The predicted molar refractivity (Wildman–Crippen MR) is 175 cm³/mol. The van der Waals surface area contributed by atoms with Crippen LogP contribution in [0, 0.1) is 11.6 Å². The van der Waals surface area contributed by atoms with Crippen LogP contribution in [-0.2, 0) is 16.0 Å². The van der Waals surface area contributed by atoms with Crippen molar-refractivity contribution in [1.82, 2.24) is 19.8 Å². The van der Waals surface area contributed by atoms with Crippen LogP contribution in [-0.4, -0.2) is 77.3 Å². The Hall–Kier alpha value is -5.07. The Kier molecular flexibility index (Phi) is 11.6. The molecule has 1 aliphatic rings. The highest BCUT2D eigenvalue weighted by Gasteiger charge is 2.35. The zero-order valence-electron chi connectivity index (χ0n) is 27.8. The van der Waals surface area contributed by atoms with Gasteiger partial charge < -0.3 is 19.3 Å². The van der Waals surface area contributed by atoms with E-state index in [9.17, 15) is 22.8 Å². The number of rotatable bonds is 11. The number of amides is 2. The summed E-state index contributed by atoms with van der Waals surface area (Å²) in [5, 5.41) is 0. The van der Waals surface area contributed by atoms with E-state index in [0.717, 1.165) is 11.1 Å². The molecule has 1 aromatic carbocycles. The number of nitrogens with zero attached hydrogens (tertiary/aromatic N) is 4. The Balaban J connectivity index is 1.65. The van der Waals surface area contributed by atoms with E-state index in [4.69, 9.17) is 9.47 Å². The number of hydrogen-bond acceptors (Lipinski definition) is 6. The highest BCUT2D eigenvalue weighted by atomic mass is 19.4. The summed E-state index contributed by atoms with van der Waals surface area (Å²) in [6.45, 7) is 5.22. The van der Waals surface area contributed by atoms with Crippen molar-refractivity contribution in [3.05, 3.63) is 107 Å². The van der Waals surface area contributed by atoms with E-state index >= 15 is 8.78 Å². The lowest BCUT2D eigenvalue weighted by atomic mass is 9.87. The third-order valence-electron chi connectivity index (χ3n) is 7.24. The van der Waals surface area contributed by atoms with Crippen molar-refractivity contribution >= 4 is 29.2 Å². The number of benzene rings is 1. The van der Waals surface area contributed by atoms with Crippen molar-refractivity contribution in [2.24, 2.45) is 0 Å². The first-order valence-electron chi connectivity index (χ1n) is 15.4. The van der Waals surface area contributed by atoms with E-state index in [1.807, 2.05) is 12.1 Å². The number of halogens is 5. The van der Waals surface area contributed by atoms with Crippen LogP contribution in [0.2, 0.25) is 0 Å². The second kappa shape index (κ2) is 15.4. The molecule has 0 saturated carbocycles. The molecule has 3 aromatic rings. The third-order valence-corrected chi connectivity index (χ3v) is 7.24. The average Bonchev–Trinajstić information content (AvgIpc) is 3.43. The molecule has 49 heavy (non-hydrogen) atoms. The largest absolute Gasteiger partial charge is 0.476 e. The van der Waals surface area contributed by atoms with Gasteiger partial charge in [0.15, 0.2) is 11.6 Å². The van der Waals surface area contributed by atoms with Crippen LogP contribution in [0.1, 0.15) is 49.4 Å². The Labute approximate surface area is 281 Å². The number of allylic oxidation sites excluding steroid dienone is 3. The van der Waals surface area contributed by atoms with Crippen LogP contribution in [0.3, 0.4) is 0 Å². The summed E-state index contributed by atoms with van der Waals surface area (Å²) < 4.78 is 83.5. The lowest BCUT2D eigenvalue weighted by Crippen LogP contribution is -2.39. The van der Waals surface area contributed by atoms with Crippen LogP contribution in [0.4, 0.5) is 26.7 Å². The van der Waals surface area contributed by atoms with Gasteiger partial charge in [-0.15, -0.1) is 0 Å². The molecule has 0 unspecified atom stereocenters. The molecular formula is C36H37F5N4O4. The Morgan fingerprint density at radius 1 is 0.980 bits per heavy atom. The summed E-state index contributed by atoms with van der Waals surface area (Å²) in [6, 6.07) is 10.1. The predicted octanol–water partition coefficient (Wildman–Crippen LogP) is 7.52. The Morgan fingerprint density at radius 3 is 2.27 bits per heavy atom. The van der Waals surface area contributed by atoms with E-state index in [0.29, 0.717) is 18.0 Å². The average molecular weight is 685 g/mol. The molecule has 260 valence electrons. The van der Waals surface area contributed by atoms with Crippen LogP contribution in [0.25, 0.3) is 17.2 Å². The van der Waals surface area contributed by atoms with Gasteiger partial charge in [0.05, 0.1) is 30.9 Å². The summed E-state index contributed by atoms with van der Waals surface area (Å²) in [6.07, 6.45) is 0.378. The standard InChI is InChI=1S/C36H37F5N4O4/c1-35(2,3)49-34(47)45(14-8-11-31(46)44(4)5)15-16-48-30-13-12-25(20-43-30)32(26-17-23-9-6-7-10-24(23)18-26)27(19-36(39,40)41)33-28(37)21-42-22-29(33)38/h6-13,17,20-22H,14-16,18-19H2,1-5H3/b11-8+,32-27+. The number of ether oxygens (including phenoxy) is 2. The molecule has 1 aliphatic carbocycles. The van der Waals surface area contributed by atoms with Crippen LogP contribution >= 0.6 is 0 Å². The molecule has 0 bridgehead atoms. The minimum absolute atomic E-state index is 0.00765. The van der Waals surface area contributed by atoms with Crippen molar-refractivity contribution in [3.8, 4) is 5.88 Å². The molecule has 8 nitrogen and oxygen atoms in total. The quantitative estimate of drug-likeness (QED) is 0.154. The first-order valence-corrected chi connectivity index (χ1v) is 15.4. The summed E-state index contributed by atoms with van der Waals surface area (Å²) >= 11 is 0. The van der Waals surface area contributed by atoms with E-state index in [-0.39, 0.29) is 49.0 Å². The van der Waals surface area contributed by atoms with Gasteiger partial charge in [0.1, 0.15) is 12.2 Å². The summed E-state index contributed by atoms with van der Waals surface area (Å²) in [4.78, 5) is 35.2. The van der Waals surface area contributed by atoms with Crippen molar-refractivity contribution in [2.45, 2.75) is 45.4 Å². The van der Waals surface area contributed by atoms with Gasteiger partial charge in [-0.05, 0) is 61.1 Å². The zero-order chi connectivity index (χ0) is 35.9. The molecule has 4 rings (SSSR count). The van der Waals surface area contributed by atoms with Crippen LogP contribution < -0.4 is 4.74 Å². The number of carbonyl (C=O) groups excluding carboxylic acids is 2. The fourth-order valence-corrected chi connectivity index (χ4v) is 5.08. The monoisotopic (exact) mass is 684 g/mol. The van der Waals surface area contributed by atoms with Gasteiger partial charge in [-0.25, -0.2) is 18.6 Å². The van der Waals surface area contributed by atoms with Gasteiger partial charge in [-0.1, -0.05) is 36.4 Å².